The molecule has 6 atom stereocenters. The Balaban J connectivity index is 1.76. The molecular formula is C37H47BrN4O6. The Morgan fingerprint density at radius 1 is 0.958 bits per heavy atom. The van der Waals surface area contributed by atoms with Crippen LogP contribution in [-0.2, 0) is 30.3 Å². The van der Waals surface area contributed by atoms with Crippen molar-refractivity contribution in [3.63, 3.8) is 0 Å². The molecule has 258 valence electrons. The van der Waals surface area contributed by atoms with Gasteiger partial charge in [0.15, 0.2) is 0 Å². The fourth-order valence-electron chi connectivity index (χ4n) is 6.54. The molecule has 48 heavy (non-hydrogen) atoms. The van der Waals surface area contributed by atoms with Gasteiger partial charge in [-0.3, -0.25) is 19.2 Å². The molecule has 11 heteroatoms. The lowest BCUT2D eigenvalue weighted by molar-refractivity contribution is -0.149. The Hall–Kier alpha value is -4.12. The normalized spacial score (nSPS) is 26.8. The van der Waals surface area contributed by atoms with Gasteiger partial charge in [0.1, 0.15) is 17.8 Å². The number of H-pyrrole nitrogens is 1. The first kappa shape index (κ1) is 36.7. The van der Waals surface area contributed by atoms with Gasteiger partial charge < -0.3 is 30.4 Å². The van der Waals surface area contributed by atoms with E-state index in [2.05, 4.69) is 37.6 Å². The maximum Gasteiger partial charge on any atom is 0.308 e. The number of phenolic OH excluding ortho intramolecular Hbond substituents is 1. The number of aromatic nitrogens is 1. The second-order valence-electron chi connectivity index (χ2n) is 13.3. The van der Waals surface area contributed by atoms with Gasteiger partial charge in [0.05, 0.1) is 23.0 Å². The predicted octanol–water partition coefficient (Wildman–Crippen LogP) is 6.01. The summed E-state index contributed by atoms with van der Waals surface area (Å²) in [4.78, 5) is 59.6. The molecule has 4 rings (SSSR count). The third-order valence-corrected chi connectivity index (χ3v) is 9.65. The van der Waals surface area contributed by atoms with Gasteiger partial charge in [-0.25, -0.2) is 0 Å². The van der Waals surface area contributed by atoms with Gasteiger partial charge in [0.25, 0.3) is 0 Å². The molecule has 1 aromatic heterocycles. The van der Waals surface area contributed by atoms with E-state index in [-0.39, 0.29) is 36.3 Å². The zero-order chi connectivity index (χ0) is 35.3. The predicted molar refractivity (Wildman–Crippen MR) is 189 cm³/mol. The van der Waals surface area contributed by atoms with Crippen molar-refractivity contribution in [1.82, 2.24) is 20.5 Å². The van der Waals surface area contributed by atoms with Gasteiger partial charge in [0.2, 0.25) is 17.7 Å². The van der Waals surface area contributed by atoms with E-state index in [9.17, 15) is 24.3 Å². The monoisotopic (exact) mass is 722 g/mol. The van der Waals surface area contributed by atoms with Crippen LogP contribution < -0.4 is 10.6 Å². The third kappa shape index (κ3) is 9.06. The average Bonchev–Trinajstić information content (AvgIpc) is 3.33. The number of para-hydroxylation sites is 1. The molecule has 4 N–H and O–H groups in total. The summed E-state index contributed by atoms with van der Waals surface area (Å²) in [5.74, 6) is -1.95. The summed E-state index contributed by atoms with van der Waals surface area (Å²) in [6.45, 7) is 11.2. The van der Waals surface area contributed by atoms with Crippen LogP contribution in [-0.4, -0.2) is 63.9 Å². The van der Waals surface area contributed by atoms with E-state index in [1.807, 2.05) is 58.9 Å². The second-order valence-corrected chi connectivity index (χ2v) is 14.1. The Bertz CT molecular complexity index is 1700. The maximum atomic E-state index is 14.4. The molecule has 0 radical (unpaired) electrons. The number of phenols is 1. The fourth-order valence-corrected chi connectivity index (χ4v) is 6.94. The number of benzene rings is 2. The Morgan fingerprint density at radius 2 is 1.67 bits per heavy atom. The number of aromatic amines is 1. The second kappa shape index (κ2) is 15.9. The van der Waals surface area contributed by atoms with E-state index in [1.54, 1.807) is 26.1 Å². The molecular weight excluding hydrogens is 676 g/mol. The fraction of sp³-hybridized carbons (Fsp3) is 0.459. The number of hydrogen-bond donors (Lipinski definition) is 4. The lowest BCUT2D eigenvalue weighted by Crippen LogP contribution is -2.55. The zero-order valence-corrected chi connectivity index (χ0v) is 30.3. The number of carbonyl (C=O) groups is 4. The first-order chi connectivity index (χ1) is 22.6. The Kier molecular flexibility index (Phi) is 12.1. The summed E-state index contributed by atoms with van der Waals surface area (Å²) >= 11 is 3.35. The molecule has 3 aromatic rings. The number of aryl methyl sites for hydroxylation is 1. The van der Waals surface area contributed by atoms with Crippen molar-refractivity contribution >= 4 is 50.5 Å². The minimum atomic E-state index is -1.00. The number of nitrogens with one attached hydrogen (secondary N) is 3. The highest BCUT2D eigenvalue weighted by Gasteiger charge is 2.34. The number of aromatic hydroxyl groups is 1. The number of nitrogens with zero attached hydrogens (tertiary/aromatic N) is 1. The van der Waals surface area contributed by atoms with Crippen molar-refractivity contribution in [2.24, 2.45) is 11.8 Å². The van der Waals surface area contributed by atoms with Gasteiger partial charge in [-0.1, -0.05) is 49.8 Å². The number of ether oxygens (including phenoxy) is 1. The molecule has 3 amide bonds. The molecule has 0 unspecified atom stereocenters. The quantitative estimate of drug-likeness (QED) is 0.193. The molecule has 0 saturated carbocycles. The lowest BCUT2D eigenvalue weighted by atomic mass is 9.95. The molecule has 0 spiro atoms. The SMILES string of the molecule is C/C1=C\[C@H](C)C[C@H](C)OC(=O)C[C@H](c2ccc(O)c(Br)c2)NC(=O)[C@@H](Cc2c(C)[nH]c3ccccc23)N(C)C(=O)[C@H](C)NC(=O)[C@@H](C)C1. The van der Waals surface area contributed by atoms with Crippen molar-refractivity contribution in [2.45, 2.75) is 91.5 Å². The Labute approximate surface area is 290 Å². The molecule has 2 heterocycles. The van der Waals surface area contributed by atoms with Gasteiger partial charge in [-0.15, -0.1) is 0 Å². The smallest absolute Gasteiger partial charge is 0.308 e. The highest BCUT2D eigenvalue weighted by molar-refractivity contribution is 9.10. The molecule has 0 aliphatic carbocycles. The number of halogens is 1. The van der Waals surface area contributed by atoms with Crippen LogP contribution in [0.5, 0.6) is 5.75 Å². The topological polar surface area (TPSA) is 141 Å². The van der Waals surface area contributed by atoms with Crippen LogP contribution in [0.3, 0.4) is 0 Å². The summed E-state index contributed by atoms with van der Waals surface area (Å²) < 4.78 is 6.22. The minimum Gasteiger partial charge on any atom is -0.507 e. The Morgan fingerprint density at radius 3 is 2.38 bits per heavy atom. The molecule has 0 bridgehead atoms. The largest absolute Gasteiger partial charge is 0.507 e. The van der Waals surface area contributed by atoms with Crippen LogP contribution >= 0.6 is 15.9 Å². The van der Waals surface area contributed by atoms with Crippen LogP contribution in [0, 0.1) is 18.8 Å². The van der Waals surface area contributed by atoms with Crippen molar-refractivity contribution in [1.29, 1.82) is 0 Å². The van der Waals surface area contributed by atoms with Crippen LogP contribution in [0.4, 0.5) is 0 Å². The zero-order valence-electron chi connectivity index (χ0n) is 28.7. The van der Waals surface area contributed by atoms with E-state index in [1.165, 1.54) is 11.0 Å². The van der Waals surface area contributed by atoms with Gasteiger partial charge in [-0.05, 0) is 91.7 Å². The number of amides is 3. The molecule has 2 aromatic carbocycles. The lowest BCUT2D eigenvalue weighted by Gasteiger charge is -2.32. The number of cyclic esters (lactones) is 1. The number of hydrogen-bond acceptors (Lipinski definition) is 6. The van der Waals surface area contributed by atoms with Crippen molar-refractivity contribution in [3.05, 3.63) is 75.4 Å². The number of esters is 1. The summed E-state index contributed by atoms with van der Waals surface area (Å²) in [7, 11) is 1.56. The van der Waals surface area contributed by atoms with Crippen LogP contribution in [0.15, 0.2) is 58.6 Å². The summed E-state index contributed by atoms with van der Waals surface area (Å²) in [5.41, 5.74) is 4.25. The number of fused-ring (bicyclic) bond motifs is 1. The van der Waals surface area contributed by atoms with Crippen LogP contribution in [0.2, 0.25) is 0 Å². The molecule has 10 nitrogen and oxygen atoms in total. The van der Waals surface area contributed by atoms with Crippen LogP contribution in [0.1, 0.15) is 76.7 Å². The molecule has 0 fully saturated rings. The minimum absolute atomic E-state index is 0.0121. The molecule has 0 saturated heterocycles. The third-order valence-electron chi connectivity index (χ3n) is 9.01. The van der Waals surface area contributed by atoms with Gasteiger partial charge in [-0.2, -0.15) is 0 Å². The van der Waals surface area contributed by atoms with Crippen LogP contribution in [0.25, 0.3) is 10.9 Å². The van der Waals surface area contributed by atoms with Crippen molar-refractivity contribution in [2.75, 3.05) is 7.05 Å². The van der Waals surface area contributed by atoms with E-state index >= 15 is 0 Å². The number of rotatable bonds is 3. The highest BCUT2D eigenvalue weighted by atomic mass is 79.9. The summed E-state index contributed by atoms with van der Waals surface area (Å²) in [6.07, 6.45) is 2.78. The summed E-state index contributed by atoms with van der Waals surface area (Å²) in [5, 5.41) is 17.0. The number of likely N-dealkylation sites (N-methyl/N-ethyl adjacent to an activating group) is 1. The first-order valence-corrected chi connectivity index (χ1v) is 17.2. The van der Waals surface area contributed by atoms with E-state index in [0.29, 0.717) is 22.9 Å². The average molecular weight is 724 g/mol. The van der Waals surface area contributed by atoms with E-state index < -0.39 is 42.0 Å². The molecule has 1 aliphatic rings. The summed E-state index contributed by atoms with van der Waals surface area (Å²) in [6, 6.07) is 9.80. The van der Waals surface area contributed by atoms with E-state index in [4.69, 9.17) is 4.74 Å². The number of allylic oxidation sites excluding steroid dienone is 2. The standard InChI is InChI=1S/C37H47BrN4O6/c1-20-14-21(2)16-23(4)48-34(44)19-31(26-12-13-33(43)29(38)17-26)41-36(46)32(18-28-24(5)39-30-11-9-8-10-27(28)30)42(7)37(47)25(6)40-35(45)22(3)15-20/h8-14,17,21-23,25,31-32,39,43H,15-16,18-19H2,1-7H3,(H,40,45)(H,41,46)/b20-14+/t21-,22-,23-,25-,31+,32+/m0/s1. The van der Waals surface area contributed by atoms with Gasteiger partial charge >= 0.3 is 5.97 Å². The molecule has 1 aliphatic heterocycles. The number of carbonyl (C=O) groups excluding carboxylic acids is 4. The first-order valence-electron chi connectivity index (χ1n) is 16.4. The van der Waals surface area contributed by atoms with E-state index in [0.717, 1.165) is 27.7 Å². The van der Waals surface area contributed by atoms with Crippen molar-refractivity contribution < 1.29 is 29.0 Å². The maximum absolute atomic E-state index is 14.4. The van der Waals surface area contributed by atoms with Gasteiger partial charge in [0, 0.05) is 36.0 Å². The van der Waals surface area contributed by atoms with Crippen molar-refractivity contribution in [3.8, 4) is 5.75 Å². The highest BCUT2D eigenvalue weighted by Crippen LogP contribution is 2.30.